The van der Waals surface area contributed by atoms with Crippen LogP contribution in [0, 0.1) is 6.92 Å². The van der Waals surface area contributed by atoms with Crippen molar-refractivity contribution in [3.63, 3.8) is 0 Å². The molecular weight excluding hydrogens is 520 g/mol. The van der Waals surface area contributed by atoms with Gasteiger partial charge in [0.05, 0.1) is 26.4 Å². The third-order valence-electron chi connectivity index (χ3n) is 7.41. The lowest BCUT2D eigenvalue weighted by atomic mass is 9.97. The quantitative estimate of drug-likeness (QED) is 0.322. The maximum atomic E-state index is 12.7. The van der Waals surface area contributed by atoms with Crippen molar-refractivity contribution in [2.75, 3.05) is 61.3 Å². The van der Waals surface area contributed by atoms with Crippen molar-refractivity contribution in [2.24, 2.45) is 0 Å². The molecule has 0 amide bonds. The van der Waals surface area contributed by atoms with E-state index in [1.807, 2.05) is 32.0 Å². The number of ether oxygens (including phenoxy) is 3. The Bertz CT molecular complexity index is 1390. The summed E-state index contributed by atoms with van der Waals surface area (Å²) < 4.78 is 16.2. The topological polar surface area (TPSA) is 115 Å². The number of carbonyl (C=O) groups is 1. The lowest BCUT2D eigenvalue weighted by molar-refractivity contribution is 0.0595. The van der Waals surface area contributed by atoms with Crippen LogP contribution in [0.25, 0.3) is 0 Å². The average Bonchev–Trinajstić information content (AvgIpc) is 2.94. The molecule has 10 heteroatoms. The highest BCUT2D eigenvalue weighted by molar-refractivity contribution is 5.96. The first-order chi connectivity index (χ1) is 19.5. The van der Waals surface area contributed by atoms with E-state index >= 15 is 0 Å². The summed E-state index contributed by atoms with van der Waals surface area (Å²) in [5, 5.41) is 3.38. The Morgan fingerprint density at radius 2 is 1.83 bits per heavy atom. The molecule has 3 aromatic rings. The summed E-state index contributed by atoms with van der Waals surface area (Å²) in [6.45, 7) is 15.2. The Labute approximate surface area is 242 Å². The van der Waals surface area contributed by atoms with Gasteiger partial charge in [-0.15, -0.1) is 0 Å². The van der Waals surface area contributed by atoms with E-state index in [1.165, 1.54) is 7.11 Å². The number of hydrogen-bond donors (Lipinski definition) is 2. The van der Waals surface area contributed by atoms with Crippen LogP contribution in [-0.4, -0.2) is 61.9 Å². The Morgan fingerprint density at radius 3 is 2.41 bits per heavy atom. The largest absolute Gasteiger partial charge is 0.497 e. The average molecular weight is 563 g/mol. The third-order valence-corrected chi connectivity index (χ3v) is 7.41. The first kappa shape index (κ1) is 29.8. The number of carbonyl (C=O) groups excluding carboxylic acids is 1. The van der Waals surface area contributed by atoms with Crippen LogP contribution < -0.4 is 30.3 Å². The molecule has 0 unspecified atom stereocenters. The highest BCUT2D eigenvalue weighted by Crippen LogP contribution is 2.36. The minimum atomic E-state index is -0.614. The first-order valence-electron chi connectivity index (χ1n) is 14.0. The number of esters is 1. The lowest BCUT2D eigenvalue weighted by Crippen LogP contribution is -2.60. The Kier molecular flexibility index (Phi) is 8.80. The molecule has 220 valence electrons. The number of nitrogens with zero attached hydrogens (tertiary/aromatic N) is 4. The molecule has 1 aliphatic heterocycles. The molecule has 0 aliphatic carbocycles. The summed E-state index contributed by atoms with van der Waals surface area (Å²) in [4.78, 5) is 26.6. The number of nitrogens with two attached hydrogens (primary N) is 1. The van der Waals surface area contributed by atoms with Crippen LogP contribution in [-0.2, 0) is 4.74 Å². The van der Waals surface area contributed by atoms with Gasteiger partial charge in [-0.1, -0.05) is 13.8 Å². The molecule has 41 heavy (non-hydrogen) atoms. The fourth-order valence-electron chi connectivity index (χ4n) is 5.21. The molecule has 1 aromatic heterocycles. The van der Waals surface area contributed by atoms with Gasteiger partial charge in [-0.3, -0.25) is 0 Å². The minimum absolute atomic E-state index is 0.0306. The zero-order valence-corrected chi connectivity index (χ0v) is 25.4. The van der Waals surface area contributed by atoms with Crippen LogP contribution in [0.15, 0.2) is 36.4 Å². The van der Waals surface area contributed by atoms with Crippen LogP contribution in [0.4, 0.5) is 28.8 Å². The molecule has 3 N–H and O–H groups in total. The predicted molar refractivity (Wildman–Crippen MR) is 164 cm³/mol. The molecule has 0 atom stereocenters. The zero-order valence-electron chi connectivity index (χ0n) is 25.4. The van der Waals surface area contributed by atoms with Crippen molar-refractivity contribution in [1.29, 1.82) is 0 Å². The van der Waals surface area contributed by atoms with Crippen molar-refractivity contribution in [3.05, 3.63) is 53.2 Å². The van der Waals surface area contributed by atoms with Gasteiger partial charge in [0.2, 0.25) is 5.95 Å². The van der Waals surface area contributed by atoms with E-state index in [0.717, 1.165) is 40.5 Å². The number of anilines is 5. The fourth-order valence-corrected chi connectivity index (χ4v) is 5.21. The van der Waals surface area contributed by atoms with Gasteiger partial charge in [-0.05, 0) is 81.1 Å². The lowest BCUT2D eigenvalue weighted by Gasteiger charge is -2.48. The van der Waals surface area contributed by atoms with Gasteiger partial charge < -0.3 is 35.1 Å². The Balaban J connectivity index is 1.69. The standard InChI is InChI=1S/C31H42N6O4/c1-9-41-25-16-20(4)24(17-23(25)19(2)3)33-28-26(32)27(29(38)40-8)34-30(35-28)36-14-15-37(31(5,6)18-36)21-10-12-22(39-7)13-11-21/h10-13,16-17,19H,9,14-15,18,32H2,1-8H3,(H,33,34,35). The van der Waals surface area contributed by atoms with Gasteiger partial charge in [-0.25, -0.2) is 9.78 Å². The summed E-state index contributed by atoms with van der Waals surface area (Å²) >= 11 is 0. The van der Waals surface area contributed by atoms with E-state index < -0.39 is 5.97 Å². The van der Waals surface area contributed by atoms with Gasteiger partial charge in [0.25, 0.3) is 0 Å². The SMILES string of the molecule is CCOc1cc(C)c(Nc2nc(N3CCN(c4ccc(OC)cc4)C(C)(C)C3)nc(C(=O)OC)c2N)cc1C(C)C. The van der Waals surface area contributed by atoms with Crippen molar-refractivity contribution in [3.8, 4) is 11.5 Å². The van der Waals surface area contributed by atoms with Gasteiger partial charge in [-0.2, -0.15) is 4.98 Å². The maximum Gasteiger partial charge on any atom is 0.359 e. The normalized spacial score (nSPS) is 14.7. The van der Waals surface area contributed by atoms with Crippen molar-refractivity contribution >= 4 is 34.8 Å². The second-order valence-corrected chi connectivity index (χ2v) is 11.1. The summed E-state index contributed by atoms with van der Waals surface area (Å²) in [7, 11) is 2.98. The van der Waals surface area contributed by atoms with E-state index in [0.29, 0.717) is 31.5 Å². The number of methoxy groups -OCH3 is 2. The zero-order chi connectivity index (χ0) is 29.9. The maximum absolute atomic E-state index is 12.7. The molecule has 0 saturated carbocycles. The molecule has 2 aromatic carbocycles. The van der Waals surface area contributed by atoms with E-state index in [1.54, 1.807) is 7.11 Å². The van der Waals surface area contributed by atoms with Crippen LogP contribution in [0.1, 0.15) is 62.2 Å². The second-order valence-electron chi connectivity index (χ2n) is 11.1. The van der Waals surface area contributed by atoms with Crippen LogP contribution in [0.3, 0.4) is 0 Å². The molecule has 0 spiro atoms. The van der Waals surface area contributed by atoms with E-state index in [9.17, 15) is 4.79 Å². The molecule has 1 fully saturated rings. The number of benzene rings is 2. The number of piperazine rings is 1. The van der Waals surface area contributed by atoms with Crippen LogP contribution >= 0.6 is 0 Å². The smallest absolute Gasteiger partial charge is 0.359 e. The summed E-state index contributed by atoms with van der Waals surface area (Å²) in [5.74, 6) is 2.07. The highest BCUT2D eigenvalue weighted by Gasteiger charge is 2.36. The monoisotopic (exact) mass is 562 g/mol. The first-order valence-corrected chi connectivity index (χ1v) is 14.0. The van der Waals surface area contributed by atoms with Crippen molar-refractivity contribution < 1.29 is 19.0 Å². The number of hydrogen-bond acceptors (Lipinski definition) is 10. The minimum Gasteiger partial charge on any atom is -0.497 e. The van der Waals surface area contributed by atoms with Gasteiger partial charge >= 0.3 is 5.97 Å². The van der Waals surface area contributed by atoms with Gasteiger partial charge in [0, 0.05) is 31.0 Å². The number of rotatable bonds is 9. The summed E-state index contributed by atoms with van der Waals surface area (Å²) in [6, 6.07) is 12.1. The number of nitrogens with one attached hydrogen (secondary N) is 1. The molecule has 1 aliphatic rings. The number of aryl methyl sites for hydroxylation is 1. The Morgan fingerprint density at radius 1 is 1.12 bits per heavy atom. The van der Waals surface area contributed by atoms with E-state index in [2.05, 4.69) is 66.0 Å². The molecule has 0 radical (unpaired) electrons. The summed E-state index contributed by atoms with van der Waals surface area (Å²) in [5.41, 5.74) is 10.3. The predicted octanol–water partition coefficient (Wildman–Crippen LogP) is 5.53. The van der Waals surface area contributed by atoms with Crippen LogP contribution in [0.5, 0.6) is 11.5 Å². The molecule has 10 nitrogen and oxygen atoms in total. The third kappa shape index (κ3) is 6.26. The second kappa shape index (κ2) is 12.1. The van der Waals surface area contributed by atoms with Crippen molar-refractivity contribution in [1.82, 2.24) is 9.97 Å². The van der Waals surface area contributed by atoms with Gasteiger partial charge in [0.1, 0.15) is 17.2 Å². The van der Waals surface area contributed by atoms with E-state index in [4.69, 9.17) is 24.9 Å². The fraction of sp³-hybridized carbons (Fsp3) is 0.452. The molecule has 0 bridgehead atoms. The van der Waals surface area contributed by atoms with Crippen molar-refractivity contribution in [2.45, 2.75) is 53.0 Å². The number of nitrogen functional groups attached to an aromatic ring is 1. The number of aromatic nitrogens is 2. The molecule has 4 rings (SSSR count). The molecule has 2 heterocycles. The highest BCUT2D eigenvalue weighted by atomic mass is 16.5. The van der Waals surface area contributed by atoms with Gasteiger partial charge in [0.15, 0.2) is 11.5 Å². The molecule has 1 saturated heterocycles. The van der Waals surface area contributed by atoms with Crippen LogP contribution in [0.2, 0.25) is 0 Å². The van der Waals surface area contributed by atoms with E-state index in [-0.39, 0.29) is 22.8 Å². The summed E-state index contributed by atoms with van der Waals surface area (Å²) in [6.07, 6.45) is 0. The molecular formula is C31H42N6O4. The Hall–Kier alpha value is -4.21.